The van der Waals surface area contributed by atoms with Gasteiger partial charge in [0.25, 0.3) is 0 Å². The summed E-state index contributed by atoms with van der Waals surface area (Å²) in [4.78, 5) is 12.4. The number of carbonyl (C=O) groups is 1. The number of nitrogens with one attached hydrogen (secondary N) is 1. The zero-order valence-corrected chi connectivity index (χ0v) is 21.8. The highest BCUT2D eigenvalue weighted by Gasteiger charge is 2.14. The van der Waals surface area contributed by atoms with E-state index >= 15 is 0 Å². The van der Waals surface area contributed by atoms with Gasteiger partial charge >= 0.3 is 5.91 Å². The molecule has 0 saturated heterocycles. The number of furan rings is 1. The first kappa shape index (κ1) is 23.8. The Bertz CT molecular complexity index is 1360. The lowest BCUT2D eigenvalue weighted by molar-refractivity contribution is 0.0929. The number of rotatable bonds is 6. The van der Waals surface area contributed by atoms with Crippen molar-refractivity contribution >= 4 is 78.2 Å². The maximum Gasteiger partial charge on any atom is 0.307 e. The van der Waals surface area contributed by atoms with Crippen LogP contribution in [0.5, 0.6) is 5.75 Å². The van der Waals surface area contributed by atoms with Crippen LogP contribution in [0.1, 0.15) is 27.2 Å². The minimum Gasteiger partial charge on any atom is -0.486 e. The number of amides is 1. The average Bonchev–Trinajstić information content (AvgIpc) is 3.18. The third-order valence-electron chi connectivity index (χ3n) is 4.63. The van der Waals surface area contributed by atoms with Gasteiger partial charge in [-0.25, -0.2) is 5.43 Å². The van der Waals surface area contributed by atoms with Crippen LogP contribution in [0.2, 0.25) is 10.0 Å². The lowest BCUT2D eigenvalue weighted by Gasteiger charge is -2.11. The number of aryl methyl sites for hydroxylation is 1. The molecule has 1 aromatic heterocycles. The molecule has 4 aromatic rings. The molecule has 4 rings (SSSR count). The number of halogens is 4. The van der Waals surface area contributed by atoms with Gasteiger partial charge in [-0.3, -0.25) is 4.79 Å². The van der Waals surface area contributed by atoms with Gasteiger partial charge in [0.05, 0.1) is 20.7 Å². The van der Waals surface area contributed by atoms with Gasteiger partial charge in [0.15, 0.2) is 11.5 Å². The van der Waals surface area contributed by atoms with Gasteiger partial charge in [0.1, 0.15) is 12.2 Å². The van der Waals surface area contributed by atoms with Gasteiger partial charge < -0.3 is 9.15 Å². The highest BCUT2D eigenvalue weighted by atomic mass is 79.9. The molecule has 0 bridgehead atoms. The number of hydrogen-bond acceptors (Lipinski definition) is 4. The third-order valence-corrected chi connectivity index (χ3v) is 6.23. The van der Waals surface area contributed by atoms with E-state index in [4.69, 9.17) is 32.4 Å². The van der Waals surface area contributed by atoms with Crippen LogP contribution in [0, 0.1) is 6.92 Å². The molecule has 1 N–H and O–H groups in total. The fraction of sp³-hybridized carbons (Fsp3) is 0.0833. The largest absolute Gasteiger partial charge is 0.486 e. The molecule has 0 saturated carbocycles. The molecule has 0 atom stereocenters. The molecule has 0 unspecified atom stereocenters. The van der Waals surface area contributed by atoms with Crippen LogP contribution >= 0.6 is 55.1 Å². The van der Waals surface area contributed by atoms with E-state index < -0.39 is 5.91 Å². The van der Waals surface area contributed by atoms with Crippen LogP contribution in [0.25, 0.3) is 11.0 Å². The predicted molar refractivity (Wildman–Crippen MR) is 139 cm³/mol. The Balaban J connectivity index is 1.43. The number of benzene rings is 3. The summed E-state index contributed by atoms with van der Waals surface area (Å²) < 4.78 is 13.1. The lowest BCUT2D eigenvalue weighted by Crippen LogP contribution is -2.16. The molecular formula is C24H16Br2Cl2N2O3. The van der Waals surface area contributed by atoms with Crippen LogP contribution in [0.4, 0.5) is 0 Å². The smallest absolute Gasteiger partial charge is 0.307 e. The van der Waals surface area contributed by atoms with Crippen molar-refractivity contribution in [3.63, 3.8) is 0 Å². The van der Waals surface area contributed by atoms with E-state index in [-0.39, 0.29) is 5.76 Å². The second-order valence-electron chi connectivity index (χ2n) is 7.21. The first-order chi connectivity index (χ1) is 15.8. The Morgan fingerprint density at radius 1 is 1.12 bits per heavy atom. The predicted octanol–water partition coefficient (Wildman–Crippen LogP) is 7.92. The Labute approximate surface area is 217 Å². The second-order valence-corrected chi connectivity index (χ2v) is 9.79. The summed E-state index contributed by atoms with van der Waals surface area (Å²) in [6.07, 6.45) is 1.44. The average molecular weight is 611 g/mol. The van der Waals surface area contributed by atoms with Crippen molar-refractivity contribution in [2.75, 3.05) is 0 Å². The highest BCUT2D eigenvalue weighted by Crippen LogP contribution is 2.34. The number of fused-ring (bicyclic) bond motifs is 1. The summed E-state index contributed by atoms with van der Waals surface area (Å²) >= 11 is 19.6. The van der Waals surface area contributed by atoms with Crippen LogP contribution in [-0.2, 0) is 6.61 Å². The van der Waals surface area contributed by atoms with Gasteiger partial charge in [0, 0.05) is 9.86 Å². The number of hydrogen-bond donors (Lipinski definition) is 1. The Kier molecular flexibility index (Phi) is 7.44. The molecule has 0 fully saturated rings. The molecule has 0 radical (unpaired) electrons. The zero-order chi connectivity index (χ0) is 23.5. The summed E-state index contributed by atoms with van der Waals surface area (Å²) in [6, 6.07) is 16.6. The van der Waals surface area contributed by atoms with E-state index in [1.54, 1.807) is 18.2 Å². The topological polar surface area (TPSA) is 63.8 Å². The standard InChI is InChI=1S/C24H16Br2Cl2N2O3/c1-13-3-2-4-14(5-13)12-32-23-19(27)6-15(7-20(23)28)11-29-30-24(31)21-9-16-8-17(25)10-18(26)22(16)33-21/h2-11H,12H2,1H3,(H,30,31)/b29-11-. The summed E-state index contributed by atoms with van der Waals surface area (Å²) in [5, 5.41) is 5.45. The van der Waals surface area contributed by atoms with Gasteiger partial charge in [-0.15, -0.1) is 0 Å². The molecular weight excluding hydrogens is 595 g/mol. The van der Waals surface area contributed by atoms with E-state index in [0.717, 1.165) is 25.5 Å². The van der Waals surface area contributed by atoms with E-state index in [0.29, 0.717) is 33.5 Å². The molecule has 1 heterocycles. The van der Waals surface area contributed by atoms with Crippen molar-refractivity contribution < 1.29 is 13.9 Å². The molecule has 0 spiro atoms. The number of ether oxygens (including phenoxy) is 1. The minimum absolute atomic E-state index is 0.136. The van der Waals surface area contributed by atoms with Crippen LogP contribution < -0.4 is 10.2 Å². The molecule has 33 heavy (non-hydrogen) atoms. The van der Waals surface area contributed by atoms with E-state index in [1.807, 2.05) is 43.3 Å². The summed E-state index contributed by atoms with van der Waals surface area (Å²) in [6.45, 7) is 2.36. The number of hydrazone groups is 1. The molecule has 168 valence electrons. The van der Waals surface area contributed by atoms with Gasteiger partial charge in [-0.2, -0.15) is 5.10 Å². The van der Waals surface area contributed by atoms with Crippen molar-refractivity contribution in [3.05, 3.63) is 96.0 Å². The Morgan fingerprint density at radius 2 is 1.88 bits per heavy atom. The summed E-state index contributed by atoms with van der Waals surface area (Å²) in [5.74, 6) is 0.0396. The first-order valence-electron chi connectivity index (χ1n) is 9.69. The molecule has 1 amide bonds. The minimum atomic E-state index is -0.485. The van der Waals surface area contributed by atoms with Crippen molar-refractivity contribution in [3.8, 4) is 5.75 Å². The van der Waals surface area contributed by atoms with Crippen molar-refractivity contribution in [1.29, 1.82) is 0 Å². The molecule has 9 heteroatoms. The van der Waals surface area contributed by atoms with Crippen LogP contribution in [0.3, 0.4) is 0 Å². The highest BCUT2D eigenvalue weighted by molar-refractivity contribution is 9.11. The maximum atomic E-state index is 12.4. The summed E-state index contributed by atoms with van der Waals surface area (Å²) in [5.41, 5.74) is 5.78. The summed E-state index contributed by atoms with van der Waals surface area (Å²) in [7, 11) is 0. The maximum absolute atomic E-state index is 12.4. The molecule has 0 aliphatic heterocycles. The first-order valence-corrected chi connectivity index (χ1v) is 12.0. The van der Waals surface area contributed by atoms with Crippen LogP contribution in [-0.4, -0.2) is 12.1 Å². The SMILES string of the molecule is Cc1cccc(COc2c(Cl)cc(/C=N\NC(=O)c3cc4cc(Br)cc(Br)c4o3)cc2Cl)c1. The van der Waals surface area contributed by atoms with Gasteiger partial charge in [-0.05, 0) is 64.3 Å². The van der Waals surface area contributed by atoms with Crippen molar-refractivity contribution in [2.24, 2.45) is 5.10 Å². The number of carbonyl (C=O) groups excluding carboxylic acids is 1. The van der Waals surface area contributed by atoms with Crippen molar-refractivity contribution in [1.82, 2.24) is 5.43 Å². The van der Waals surface area contributed by atoms with Crippen molar-refractivity contribution in [2.45, 2.75) is 13.5 Å². The van der Waals surface area contributed by atoms with Gasteiger partial charge in [0.2, 0.25) is 0 Å². The molecule has 3 aromatic carbocycles. The molecule has 0 aliphatic carbocycles. The molecule has 0 aliphatic rings. The molecule has 5 nitrogen and oxygen atoms in total. The normalized spacial score (nSPS) is 11.3. The van der Waals surface area contributed by atoms with E-state index in [1.165, 1.54) is 6.21 Å². The lowest BCUT2D eigenvalue weighted by atomic mass is 10.1. The van der Waals surface area contributed by atoms with Gasteiger partial charge in [-0.1, -0.05) is 69.0 Å². The Morgan fingerprint density at radius 3 is 2.61 bits per heavy atom. The zero-order valence-electron chi connectivity index (χ0n) is 17.2. The number of nitrogens with zero attached hydrogens (tertiary/aromatic N) is 1. The third kappa shape index (κ3) is 5.79. The quantitative estimate of drug-likeness (QED) is 0.178. The fourth-order valence-electron chi connectivity index (χ4n) is 3.16. The monoisotopic (exact) mass is 608 g/mol. The Hall–Kier alpha value is -2.32. The second kappa shape index (κ2) is 10.3. The van der Waals surface area contributed by atoms with Crippen LogP contribution in [0.15, 0.2) is 73.1 Å². The fourth-order valence-corrected chi connectivity index (χ4v) is 5.11. The van der Waals surface area contributed by atoms with E-state index in [9.17, 15) is 4.79 Å². The van der Waals surface area contributed by atoms with E-state index in [2.05, 4.69) is 42.4 Å².